The maximum Gasteiger partial charge on any atom is 0.267 e. The molecule has 0 radical (unpaired) electrons. The van der Waals surface area contributed by atoms with Gasteiger partial charge < -0.3 is 9.63 Å². The van der Waals surface area contributed by atoms with Crippen molar-refractivity contribution in [2.24, 2.45) is 0 Å². The highest BCUT2D eigenvalue weighted by atomic mass is 35.5. The second-order valence-electron chi connectivity index (χ2n) is 5.51. The summed E-state index contributed by atoms with van der Waals surface area (Å²) in [7, 11) is -3.81. The van der Waals surface area contributed by atoms with E-state index in [4.69, 9.17) is 16.1 Å². The van der Waals surface area contributed by atoms with E-state index in [1.54, 1.807) is 55.5 Å². The molecule has 0 saturated heterocycles. The average molecular weight is 367 g/mol. The molecular formula is C18H20ClO4P. The Morgan fingerprint density at radius 3 is 2.42 bits per heavy atom. The summed E-state index contributed by atoms with van der Waals surface area (Å²) in [6.45, 7) is 3.17. The van der Waals surface area contributed by atoms with Gasteiger partial charge in [0, 0.05) is 16.7 Å². The molecule has 2 aromatic carbocycles. The van der Waals surface area contributed by atoms with Crippen molar-refractivity contribution in [3.8, 4) is 0 Å². The quantitative estimate of drug-likeness (QED) is 0.749. The molecule has 0 amide bonds. The summed E-state index contributed by atoms with van der Waals surface area (Å²) in [6, 6.07) is 14.9. The normalized spacial score (nSPS) is 16.2. The molecule has 2 aromatic rings. The number of hydrogen-bond donors (Lipinski definition) is 1. The largest absolute Gasteiger partial charge is 0.374 e. The van der Waals surface area contributed by atoms with Gasteiger partial charge in [-0.3, -0.25) is 9.36 Å². The molecule has 0 saturated carbocycles. The maximum atomic E-state index is 13.8. The smallest absolute Gasteiger partial charge is 0.267 e. The lowest BCUT2D eigenvalue weighted by Crippen LogP contribution is -2.34. The highest BCUT2D eigenvalue weighted by Crippen LogP contribution is 2.63. The Morgan fingerprint density at radius 2 is 1.88 bits per heavy atom. The van der Waals surface area contributed by atoms with Crippen molar-refractivity contribution >= 4 is 30.1 Å². The van der Waals surface area contributed by atoms with E-state index in [0.717, 1.165) is 0 Å². The number of aliphatic hydroxyl groups is 1. The van der Waals surface area contributed by atoms with E-state index in [1.807, 2.05) is 0 Å². The first-order chi connectivity index (χ1) is 11.3. The molecule has 24 heavy (non-hydrogen) atoms. The molecule has 0 heterocycles. The minimum atomic E-state index is -3.81. The summed E-state index contributed by atoms with van der Waals surface area (Å²) in [5, 5.41) is 10.2. The van der Waals surface area contributed by atoms with Gasteiger partial charge in [-0.25, -0.2) is 0 Å². The van der Waals surface area contributed by atoms with Crippen molar-refractivity contribution in [1.82, 2.24) is 0 Å². The van der Waals surface area contributed by atoms with Crippen LogP contribution in [0, 0.1) is 0 Å². The van der Waals surface area contributed by atoms with Crippen LogP contribution in [-0.4, -0.2) is 17.5 Å². The van der Waals surface area contributed by atoms with Crippen LogP contribution in [0.4, 0.5) is 0 Å². The highest BCUT2D eigenvalue weighted by molar-refractivity contribution is 7.68. The van der Waals surface area contributed by atoms with Crippen LogP contribution in [0.3, 0.4) is 0 Å². The summed E-state index contributed by atoms with van der Waals surface area (Å²) in [5.74, 6) is -0.298. The second-order valence-corrected chi connectivity index (χ2v) is 8.56. The fraction of sp³-hybridized carbons (Fsp3) is 0.278. The van der Waals surface area contributed by atoms with Gasteiger partial charge in [0.2, 0.25) is 0 Å². The lowest BCUT2D eigenvalue weighted by molar-refractivity contribution is -0.120. The minimum absolute atomic E-state index is 0.132. The van der Waals surface area contributed by atoms with E-state index in [9.17, 15) is 14.5 Å². The summed E-state index contributed by atoms with van der Waals surface area (Å²) in [4.78, 5) is 11.8. The van der Waals surface area contributed by atoms with E-state index in [1.165, 1.54) is 13.0 Å². The first kappa shape index (κ1) is 18.9. The van der Waals surface area contributed by atoms with Crippen LogP contribution >= 0.6 is 19.0 Å². The predicted molar refractivity (Wildman–Crippen MR) is 96.0 cm³/mol. The first-order valence-corrected chi connectivity index (χ1v) is 9.62. The molecule has 0 unspecified atom stereocenters. The van der Waals surface area contributed by atoms with Crippen LogP contribution in [0.5, 0.6) is 0 Å². The van der Waals surface area contributed by atoms with Gasteiger partial charge in [-0.05, 0) is 43.7 Å². The summed E-state index contributed by atoms with van der Waals surface area (Å²) in [6.07, 6.45) is -0.334. The number of halogens is 1. The molecule has 0 aliphatic carbocycles. The minimum Gasteiger partial charge on any atom is -0.374 e. The van der Waals surface area contributed by atoms with Gasteiger partial charge in [0.25, 0.3) is 7.37 Å². The van der Waals surface area contributed by atoms with Gasteiger partial charge in [0.1, 0.15) is 5.78 Å². The Labute approximate surface area is 146 Å². The topological polar surface area (TPSA) is 63.6 Å². The zero-order valence-electron chi connectivity index (χ0n) is 13.6. The van der Waals surface area contributed by atoms with Crippen molar-refractivity contribution in [2.45, 2.75) is 25.6 Å². The lowest BCUT2D eigenvalue weighted by Gasteiger charge is -2.35. The number of carbonyl (C=O) groups is 1. The molecule has 6 heteroatoms. The first-order valence-electron chi connectivity index (χ1n) is 7.61. The van der Waals surface area contributed by atoms with E-state index >= 15 is 0 Å². The molecule has 2 rings (SSSR count). The summed E-state index contributed by atoms with van der Waals surface area (Å²) in [5.41, 5.74) is 0.297. The Kier molecular flexibility index (Phi) is 6.00. The van der Waals surface area contributed by atoms with E-state index < -0.39 is 12.7 Å². The predicted octanol–water partition coefficient (Wildman–Crippen LogP) is 4.10. The van der Waals surface area contributed by atoms with Crippen molar-refractivity contribution in [2.75, 3.05) is 6.61 Å². The maximum absolute atomic E-state index is 13.8. The molecule has 0 fully saturated rings. The molecule has 1 N–H and O–H groups in total. The SMILES string of the molecule is CCO[P@@](=O)(c1ccccc1)[C@](O)(CC(C)=O)c1cccc(Cl)c1. The van der Waals surface area contributed by atoms with Crippen LogP contribution in [0.1, 0.15) is 25.8 Å². The zero-order chi connectivity index (χ0) is 17.8. The van der Waals surface area contributed by atoms with E-state index in [0.29, 0.717) is 15.9 Å². The van der Waals surface area contributed by atoms with Gasteiger partial charge in [0.15, 0.2) is 5.34 Å². The van der Waals surface area contributed by atoms with E-state index in [2.05, 4.69) is 0 Å². The zero-order valence-corrected chi connectivity index (χ0v) is 15.3. The van der Waals surface area contributed by atoms with Crippen LogP contribution in [-0.2, 0) is 19.2 Å². The fourth-order valence-electron chi connectivity index (χ4n) is 2.66. The van der Waals surface area contributed by atoms with Gasteiger partial charge in [-0.15, -0.1) is 0 Å². The molecule has 128 valence electrons. The lowest BCUT2D eigenvalue weighted by atomic mass is 10.0. The molecule has 4 nitrogen and oxygen atoms in total. The van der Waals surface area contributed by atoms with Crippen LogP contribution in [0.15, 0.2) is 54.6 Å². The Morgan fingerprint density at radius 1 is 1.21 bits per heavy atom. The molecule has 0 aliphatic heterocycles. The van der Waals surface area contributed by atoms with Crippen molar-refractivity contribution < 1.29 is 19.0 Å². The van der Waals surface area contributed by atoms with Crippen LogP contribution in [0.2, 0.25) is 5.02 Å². The van der Waals surface area contributed by atoms with Crippen molar-refractivity contribution in [3.05, 3.63) is 65.2 Å². The Hall–Kier alpha value is -1.45. The number of Topliss-reactive ketones (excluding diaryl/α,β-unsaturated/α-hetero) is 1. The molecule has 0 aliphatic rings. The summed E-state index contributed by atoms with van der Waals surface area (Å²) < 4.78 is 19.4. The molecular weight excluding hydrogens is 347 g/mol. The van der Waals surface area contributed by atoms with Gasteiger partial charge in [-0.1, -0.05) is 41.9 Å². The van der Waals surface area contributed by atoms with Crippen LogP contribution in [0.25, 0.3) is 0 Å². The van der Waals surface area contributed by atoms with Crippen molar-refractivity contribution in [1.29, 1.82) is 0 Å². The molecule has 2 atom stereocenters. The number of rotatable bonds is 7. The third kappa shape index (κ3) is 3.62. The van der Waals surface area contributed by atoms with Crippen molar-refractivity contribution in [3.63, 3.8) is 0 Å². The summed E-state index contributed by atoms with van der Waals surface area (Å²) >= 11 is 6.03. The number of hydrogen-bond acceptors (Lipinski definition) is 4. The van der Waals surface area contributed by atoms with Gasteiger partial charge in [0.05, 0.1) is 6.61 Å². The molecule has 0 aromatic heterocycles. The third-order valence-corrected chi connectivity index (χ3v) is 6.90. The number of carbonyl (C=O) groups excluding carboxylic acids is 1. The molecule has 0 spiro atoms. The van der Waals surface area contributed by atoms with Crippen LogP contribution < -0.4 is 5.30 Å². The van der Waals surface area contributed by atoms with Gasteiger partial charge in [-0.2, -0.15) is 0 Å². The van der Waals surface area contributed by atoms with Gasteiger partial charge >= 0.3 is 0 Å². The Balaban J connectivity index is 2.71. The monoisotopic (exact) mass is 366 g/mol. The van der Waals surface area contributed by atoms with E-state index in [-0.39, 0.29) is 18.8 Å². The standard InChI is InChI=1S/C18H20ClO4P/c1-3-23-24(22,17-10-5-4-6-11-17)18(21,13-14(2)20)15-8-7-9-16(19)12-15/h4-12,21H,3,13H2,1-2H3/t18-,24+/m1/s1. The highest BCUT2D eigenvalue weighted by Gasteiger charge is 2.51. The second kappa shape index (κ2) is 7.62. The fourth-order valence-corrected chi connectivity index (χ4v) is 5.48. The number of ketones is 1. The molecule has 0 bridgehead atoms. The average Bonchev–Trinajstić information content (AvgIpc) is 2.55. The number of benzene rings is 2. The third-order valence-electron chi connectivity index (χ3n) is 3.68. The Bertz CT molecular complexity index is 763.